The van der Waals surface area contributed by atoms with Gasteiger partial charge in [-0.2, -0.15) is 0 Å². The summed E-state index contributed by atoms with van der Waals surface area (Å²) < 4.78 is 5.85. The van der Waals surface area contributed by atoms with E-state index in [4.69, 9.17) is 4.74 Å². The highest BCUT2D eigenvalue weighted by atomic mass is 16.5. The van der Waals surface area contributed by atoms with Crippen LogP contribution in [0.2, 0.25) is 0 Å². The Morgan fingerprint density at radius 3 is 2.48 bits per heavy atom. The van der Waals surface area contributed by atoms with E-state index in [0.717, 1.165) is 42.6 Å². The molecule has 1 fully saturated rings. The van der Waals surface area contributed by atoms with Gasteiger partial charge in [0.1, 0.15) is 5.75 Å². The number of hydrogen-bond donors (Lipinski definition) is 1. The molecule has 3 aromatic carbocycles. The van der Waals surface area contributed by atoms with Gasteiger partial charge in [0.2, 0.25) is 5.91 Å². The number of benzene rings is 3. The van der Waals surface area contributed by atoms with Gasteiger partial charge in [0.05, 0.1) is 6.04 Å². The monoisotopic (exact) mass is 440 g/mol. The fourth-order valence-electron chi connectivity index (χ4n) is 4.46. The summed E-state index contributed by atoms with van der Waals surface area (Å²) in [6.07, 6.45) is 2.80. The molecule has 0 aromatic heterocycles. The van der Waals surface area contributed by atoms with Crippen LogP contribution in [-0.2, 0) is 16.0 Å². The zero-order valence-electron chi connectivity index (χ0n) is 18.8. The molecule has 1 saturated carbocycles. The molecule has 0 saturated heterocycles. The summed E-state index contributed by atoms with van der Waals surface area (Å²) in [6, 6.07) is 23.6. The molecule has 0 spiro atoms. The topological polar surface area (TPSA) is 58.6 Å². The first-order valence-electron chi connectivity index (χ1n) is 11.6. The van der Waals surface area contributed by atoms with E-state index in [2.05, 4.69) is 42.6 Å². The van der Waals surface area contributed by atoms with Crippen LogP contribution in [-0.4, -0.2) is 29.9 Å². The van der Waals surface area contributed by atoms with Crippen LogP contribution in [0.1, 0.15) is 41.1 Å². The molecular formula is C28H28N2O3. The lowest BCUT2D eigenvalue weighted by molar-refractivity contribution is -0.134. The largest absolute Gasteiger partial charge is 0.484 e. The first-order valence-corrected chi connectivity index (χ1v) is 11.6. The molecule has 2 aliphatic rings. The van der Waals surface area contributed by atoms with Crippen LogP contribution >= 0.6 is 0 Å². The van der Waals surface area contributed by atoms with Gasteiger partial charge in [0, 0.05) is 18.2 Å². The molecule has 5 heteroatoms. The Labute approximate surface area is 194 Å². The number of amides is 2. The molecule has 0 bridgehead atoms. The number of fused-ring (bicyclic) bond motifs is 1. The van der Waals surface area contributed by atoms with Crippen LogP contribution in [0.4, 0.5) is 5.69 Å². The lowest BCUT2D eigenvalue weighted by Gasteiger charge is -2.38. The number of anilines is 1. The smallest absolute Gasteiger partial charge is 0.262 e. The average molecular weight is 441 g/mol. The van der Waals surface area contributed by atoms with E-state index in [1.165, 1.54) is 11.1 Å². The number of para-hydroxylation sites is 1. The van der Waals surface area contributed by atoms with Crippen molar-refractivity contribution in [3.8, 4) is 5.75 Å². The summed E-state index contributed by atoms with van der Waals surface area (Å²) in [6.45, 7) is 2.71. The van der Waals surface area contributed by atoms with Crippen molar-refractivity contribution in [1.29, 1.82) is 0 Å². The second-order valence-electron chi connectivity index (χ2n) is 8.93. The van der Waals surface area contributed by atoms with Crippen molar-refractivity contribution >= 4 is 17.5 Å². The van der Waals surface area contributed by atoms with Crippen molar-refractivity contribution in [2.75, 3.05) is 18.5 Å². The number of nitrogens with zero attached hydrogens (tertiary/aromatic N) is 1. The van der Waals surface area contributed by atoms with Crippen molar-refractivity contribution in [3.05, 3.63) is 95.1 Å². The minimum Gasteiger partial charge on any atom is -0.484 e. The van der Waals surface area contributed by atoms with Crippen LogP contribution in [0.3, 0.4) is 0 Å². The van der Waals surface area contributed by atoms with Crippen LogP contribution in [0.15, 0.2) is 72.8 Å². The Balaban J connectivity index is 1.38. The normalized spacial score (nSPS) is 17.2. The third-order valence-electron chi connectivity index (χ3n) is 6.38. The van der Waals surface area contributed by atoms with Gasteiger partial charge in [0.25, 0.3) is 5.91 Å². The highest BCUT2D eigenvalue weighted by molar-refractivity contribution is 5.91. The van der Waals surface area contributed by atoms with Gasteiger partial charge < -0.3 is 15.0 Å². The number of rotatable bonds is 6. The molecule has 5 rings (SSSR count). The Hall–Kier alpha value is -3.60. The van der Waals surface area contributed by atoms with E-state index in [0.29, 0.717) is 5.75 Å². The van der Waals surface area contributed by atoms with E-state index in [-0.39, 0.29) is 30.4 Å². The summed E-state index contributed by atoms with van der Waals surface area (Å²) in [5.41, 5.74) is 5.35. The maximum atomic E-state index is 13.1. The molecule has 3 aromatic rings. The minimum atomic E-state index is -0.209. The van der Waals surface area contributed by atoms with Crippen LogP contribution < -0.4 is 10.1 Å². The van der Waals surface area contributed by atoms with Gasteiger partial charge in [-0.1, -0.05) is 54.1 Å². The molecule has 2 amide bonds. The van der Waals surface area contributed by atoms with Gasteiger partial charge in [-0.05, 0) is 67.1 Å². The second-order valence-corrected chi connectivity index (χ2v) is 8.93. The van der Waals surface area contributed by atoms with Crippen molar-refractivity contribution < 1.29 is 14.3 Å². The standard InChI is InChI=1S/C28H28N2O3/c1-19-7-9-21(10-8-19)27-25-17-24(33-18-26(31)29-23-5-3-2-4-6-23)14-13-20(25)15-16-30(27)28(32)22-11-12-22/h2-10,13-14,17,22,27H,11-12,15-16,18H2,1H3,(H,29,31)/t27-/m1/s1. The number of ether oxygens (including phenoxy) is 1. The van der Waals surface area contributed by atoms with Gasteiger partial charge >= 0.3 is 0 Å². The number of carbonyl (C=O) groups excluding carboxylic acids is 2. The third kappa shape index (κ3) is 4.77. The molecule has 1 N–H and O–H groups in total. The third-order valence-corrected chi connectivity index (χ3v) is 6.38. The Bertz CT molecular complexity index is 1150. The summed E-state index contributed by atoms with van der Waals surface area (Å²) in [4.78, 5) is 27.5. The molecule has 5 nitrogen and oxygen atoms in total. The van der Waals surface area contributed by atoms with Crippen molar-refractivity contribution in [2.24, 2.45) is 5.92 Å². The molecule has 0 unspecified atom stereocenters. The highest BCUT2D eigenvalue weighted by Crippen LogP contribution is 2.41. The zero-order valence-corrected chi connectivity index (χ0v) is 18.8. The molecule has 1 atom stereocenters. The van der Waals surface area contributed by atoms with Crippen LogP contribution in [0, 0.1) is 12.8 Å². The van der Waals surface area contributed by atoms with Gasteiger partial charge in [-0.25, -0.2) is 0 Å². The van der Waals surface area contributed by atoms with Gasteiger partial charge in [0.15, 0.2) is 6.61 Å². The SMILES string of the molecule is Cc1ccc([C@@H]2c3cc(OCC(=O)Nc4ccccc4)ccc3CCN2C(=O)C2CC2)cc1. The van der Waals surface area contributed by atoms with Crippen molar-refractivity contribution in [1.82, 2.24) is 4.90 Å². The highest BCUT2D eigenvalue weighted by Gasteiger charge is 2.39. The second kappa shape index (κ2) is 9.10. The number of aryl methyl sites for hydroxylation is 1. The molecular weight excluding hydrogens is 412 g/mol. The molecule has 1 aliphatic carbocycles. The van der Waals surface area contributed by atoms with E-state index < -0.39 is 0 Å². The van der Waals surface area contributed by atoms with Crippen molar-refractivity contribution in [2.45, 2.75) is 32.2 Å². The first-order chi connectivity index (χ1) is 16.1. The lowest BCUT2D eigenvalue weighted by atomic mass is 9.87. The predicted molar refractivity (Wildman–Crippen MR) is 128 cm³/mol. The number of hydrogen-bond acceptors (Lipinski definition) is 3. The summed E-state index contributed by atoms with van der Waals surface area (Å²) >= 11 is 0. The first kappa shape index (κ1) is 21.3. The van der Waals surface area contributed by atoms with Crippen LogP contribution in [0.5, 0.6) is 5.75 Å². The molecule has 168 valence electrons. The van der Waals surface area contributed by atoms with Gasteiger partial charge in [-0.15, -0.1) is 0 Å². The summed E-state index contributed by atoms with van der Waals surface area (Å²) in [5.74, 6) is 0.842. The maximum Gasteiger partial charge on any atom is 0.262 e. The van der Waals surface area contributed by atoms with E-state index in [1.54, 1.807) is 0 Å². The van der Waals surface area contributed by atoms with E-state index >= 15 is 0 Å². The van der Waals surface area contributed by atoms with E-state index in [9.17, 15) is 9.59 Å². The fraction of sp³-hybridized carbons (Fsp3) is 0.286. The molecule has 1 heterocycles. The lowest BCUT2D eigenvalue weighted by Crippen LogP contribution is -2.41. The average Bonchev–Trinajstić information content (AvgIpc) is 3.68. The number of carbonyl (C=O) groups is 2. The Morgan fingerprint density at radius 1 is 1.00 bits per heavy atom. The fourth-order valence-corrected chi connectivity index (χ4v) is 4.46. The summed E-state index contributed by atoms with van der Waals surface area (Å²) in [7, 11) is 0. The Kier molecular flexibility index (Phi) is 5.86. The summed E-state index contributed by atoms with van der Waals surface area (Å²) in [5, 5.41) is 2.84. The molecule has 0 radical (unpaired) electrons. The quantitative estimate of drug-likeness (QED) is 0.593. The predicted octanol–water partition coefficient (Wildman–Crippen LogP) is 4.90. The molecule has 33 heavy (non-hydrogen) atoms. The zero-order chi connectivity index (χ0) is 22.8. The Morgan fingerprint density at radius 2 is 1.76 bits per heavy atom. The van der Waals surface area contributed by atoms with Crippen LogP contribution in [0.25, 0.3) is 0 Å². The number of nitrogens with one attached hydrogen (secondary N) is 1. The van der Waals surface area contributed by atoms with E-state index in [1.807, 2.05) is 47.4 Å². The van der Waals surface area contributed by atoms with Gasteiger partial charge in [-0.3, -0.25) is 9.59 Å². The van der Waals surface area contributed by atoms with Crippen molar-refractivity contribution in [3.63, 3.8) is 0 Å². The minimum absolute atomic E-state index is 0.0758. The maximum absolute atomic E-state index is 13.1. The molecule has 1 aliphatic heterocycles.